The Morgan fingerprint density at radius 2 is 2.09 bits per heavy atom. The molecule has 0 radical (unpaired) electrons. The number of carboxylic acid groups (broad SMARTS) is 1. The van der Waals surface area contributed by atoms with E-state index in [0.29, 0.717) is 17.0 Å². The Bertz CT molecular complexity index is 714. The lowest BCUT2D eigenvalue weighted by Gasteiger charge is -2.18. The molecule has 0 aliphatic heterocycles. The first-order valence-electron chi connectivity index (χ1n) is 7.10. The molecule has 0 saturated heterocycles. The number of aryl methyl sites for hydroxylation is 1. The van der Waals surface area contributed by atoms with E-state index in [9.17, 15) is 9.59 Å². The van der Waals surface area contributed by atoms with Gasteiger partial charge >= 0.3 is 5.97 Å². The Hall–Kier alpha value is -2.28. The van der Waals surface area contributed by atoms with Gasteiger partial charge < -0.3 is 10.0 Å². The Morgan fingerprint density at radius 1 is 1.39 bits per heavy atom. The minimum atomic E-state index is -0.902. The predicted octanol–water partition coefficient (Wildman–Crippen LogP) is 2.26. The van der Waals surface area contributed by atoms with Gasteiger partial charge in [-0.05, 0) is 19.1 Å². The summed E-state index contributed by atoms with van der Waals surface area (Å²) in [4.78, 5) is 26.0. The smallest absolute Gasteiger partial charge is 0.316 e. The average Bonchev–Trinajstić information content (AvgIpc) is 2.92. The maximum Gasteiger partial charge on any atom is 0.316 e. The van der Waals surface area contributed by atoms with E-state index in [1.807, 2.05) is 13.2 Å². The fourth-order valence-electron chi connectivity index (χ4n) is 2.09. The van der Waals surface area contributed by atoms with Crippen molar-refractivity contribution in [3.05, 3.63) is 47.8 Å². The van der Waals surface area contributed by atoms with E-state index < -0.39 is 11.2 Å². The molecule has 2 rings (SSSR count). The van der Waals surface area contributed by atoms with Crippen molar-refractivity contribution < 1.29 is 14.7 Å². The van der Waals surface area contributed by atoms with Crippen LogP contribution in [0.3, 0.4) is 0 Å². The van der Waals surface area contributed by atoms with Crippen molar-refractivity contribution in [3.63, 3.8) is 0 Å². The largest absolute Gasteiger partial charge is 0.480 e. The van der Waals surface area contributed by atoms with Crippen LogP contribution in [0.25, 0.3) is 0 Å². The highest BCUT2D eigenvalue weighted by Crippen LogP contribution is 2.28. The number of thioether (sulfide) groups is 1. The molecule has 0 aliphatic rings. The first-order valence-corrected chi connectivity index (χ1v) is 7.98. The van der Waals surface area contributed by atoms with Crippen molar-refractivity contribution in [1.82, 2.24) is 14.7 Å². The van der Waals surface area contributed by atoms with Gasteiger partial charge in [-0.15, -0.1) is 11.8 Å². The zero-order chi connectivity index (χ0) is 17.0. The van der Waals surface area contributed by atoms with Crippen LogP contribution < -0.4 is 0 Å². The van der Waals surface area contributed by atoms with Gasteiger partial charge in [-0.25, -0.2) is 0 Å². The fraction of sp³-hybridized carbons (Fsp3) is 0.312. The second-order valence-corrected chi connectivity index (χ2v) is 6.66. The maximum atomic E-state index is 12.7. The standard InChI is InChI=1S/C16H19N3O3S/c1-11(16(21)22)23-14-7-5-4-6-13(14)15(20)18(2)9-12-8-17-19(3)10-12/h4-8,10-11H,9H2,1-3H3,(H,21,22). The molecule has 1 heterocycles. The third kappa shape index (κ3) is 4.35. The molecule has 1 aromatic heterocycles. The number of hydrogen-bond donors (Lipinski definition) is 1. The minimum Gasteiger partial charge on any atom is -0.480 e. The first-order chi connectivity index (χ1) is 10.9. The topological polar surface area (TPSA) is 75.4 Å². The van der Waals surface area contributed by atoms with Crippen molar-refractivity contribution in [2.24, 2.45) is 7.05 Å². The summed E-state index contributed by atoms with van der Waals surface area (Å²) in [5.41, 5.74) is 1.45. The normalized spacial score (nSPS) is 12.0. The van der Waals surface area contributed by atoms with Gasteiger partial charge in [-0.1, -0.05) is 12.1 Å². The monoisotopic (exact) mass is 333 g/mol. The highest BCUT2D eigenvalue weighted by atomic mass is 32.2. The lowest BCUT2D eigenvalue weighted by molar-refractivity contribution is -0.136. The molecule has 122 valence electrons. The van der Waals surface area contributed by atoms with Gasteiger partial charge in [-0.3, -0.25) is 14.3 Å². The summed E-state index contributed by atoms with van der Waals surface area (Å²) < 4.78 is 1.69. The second kappa shape index (κ2) is 7.32. The Kier molecular flexibility index (Phi) is 5.44. The fourth-order valence-corrected chi connectivity index (χ4v) is 3.01. The molecular weight excluding hydrogens is 314 g/mol. The minimum absolute atomic E-state index is 0.144. The van der Waals surface area contributed by atoms with E-state index in [4.69, 9.17) is 5.11 Å². The molecule has 0 bridgehead atoms. The number of amides is 1. The summed E-state index contributed by atoms with van der Waals surface area (Å²) in [5.74, 6) is -1.05. The molecule has 0 spiro atoms. The van der Waals surface area contributed by atoms with Crippen LogP contribution in [-0.4, -0.2) is 44.0 Å². The van der Waals surface area contributed by atoms with Gasteiger partial charge in [-0.2, -0.15) is 5.10 Å². The number of aliphatic carboxylic acids is 1. The molecule has 0 aliphatic carbocycles. The lowest BCUT2D eigenvalue weighted by atomic mass is 10.2. The van der Waals surface area contributed by atoms with Gasteiger partial charge in [0.2, 0.25) is 0 Å². The van der Waals surface area contributed by atoms with Crippen molar-refractivity contribution in [2.45, 2.75) is 23.6 Å². The van der Waals surface area contributed by atoms with Crippen LogP contribution in [-0.2, 0) is 18.4 Å². The highest BCUT2D eigenvalue weighted by Gasteiger charge is 2.20. The van der Waals surface area contributed by atoms with Gasteiger partial charge in [0.1, 0.15) is 5.25 Å². The molecule has 0 fully saturated rings. The van der Waals surface area contributed by atoms with Gasteiger partial charge in [0.05, 0.1) is 11.8 Å². The molecule has 1 aromatic carbocycles. The zero-order valence-corrected chi connectivity index (χ0v) is 14.1. The predicted molar refractivity (Wildman–Crippen MR) is 88.4 cm³/mol. The van der Waals surface area contributed by atoms with E-state index in [2.05, 4.69) is 5.10 Å². The van der Waals surface area contributed by atoms with Crippen molar-refractivity contribution in [3.8, 4) is 0 Å². The van der Waals surface area contributed by atoms with E-state index in [-0.39, 0.29) is 5.91 Å². The first kappa shape index (κ1) is 17.1. The number of carbonyl (C=O) groups excluding carboxylic acids is 1. The van der Waals surface area contributed by atoms with E-state index in [1.54, 1.807) is 54.0 Å². The van der Waals surface area contributed by atoms with E-state index in [0.717, 1.165) is 5.56 Å². The Morgan fingerprint density at radius 3 is 2.70 bits per heavy atom. The van der Waals surface area contributed by atoms with Crippen LogP contribution in [0.15, 0.2) is 41.6 Å². The van der Waals surface area contributed by atoms with Crippen molar-refractivity contribution >= 4 is 23.6 Å². The van der Waals surface area contributed by atoms with Crippen LogP contribution in [0, 0.1) is 0 Å². The number of nitrogens with zero attached hydrogens (tertiary/aromatic N) is 3. The average molecular weight is 333 g/mol. The van der Waals surface area contributed by atoms with Crippen LogP contribution in [0.1, 0.15) is 22.8 Å². The SMILES string of the molecule is CC(Sc1ccccc1C(=O)N(C)Cc1cnn(C)c1)C(=O)O. The number of hydrogen-bond acceptors (Lipinski definition) is 4. The number of rotatable bonds is 6. The summed E-state index contributed by atoms with van der Waals surface area (Å²) in [5, 5.41) is 12.5. The third-order valence-electron chi connectivity index (χ3n) is 3.29. The number of aromatic nitrogens is 2. The van der Waals surface area contributed by atoms with Crippen molar-refractivity contribution in [2.75, 3.05) is 7.05 Å². The zero-order valence-electron chi connectivity index (χ0n) is 13.3. The second-order valence-electron chi connectivity index (χ2n) is 5.28. The molecular formula is C16H19N3O3S. The summed E-state index contributed by atoms with van der Waals surface area (Å²) in [7, 11) is 3.54. The van der Waals surface area contributed by atoms with Crippen molar-refractivity contribution in [1.29, 1.82) is 0 Å². The molecule has 1 amide bonds. The summed E-state index contributed by atoms with van der Waals surface area (Å²) >= 11 is 1.17. The summed E-state index contributed by atoms with van der Waals surface area (Å²) in [6.45, 7) is 2.05. The maximum absolute atomic E-state index is 12.7. The molecule has 1 atom stereocenters. The van der Waals surface area contributed by atoms with E-state index >= 15 is 0 Å². The molecule has 2 aromatic rings. The quantitative estimate of drug-likeness (QED) is 0.821. The molecule has 1 unspecified atom stereocenters. The van der Waals surface area contributed by atoms with E-state index in [1.165, 1.54) is 11.8 Å². The summed E-state index contributed by atoms with van der Waals surface area (Å²) in [6.07, 6.45) is 3.58. The molecule has 0 saturated carbocycles. The number of carboxylic acids is 1. The van der Waals surface area contributed by atoms with Crippen LogP contribution >= 0.6 is 11.8 Å². The number of benzene rings is 1. The van der Waals surface area contributed by atoms with Crippen LogP contribution in [0.4, 0.5) is 0 Å². The highest BCUT2D eigenvalue weighted by molar-refractivity contribution is 8.00. The number of carbonyl (C=O) groups is 2. The molecule has 7 heteroatoms. The third-order valence-corrected chi connectivity index (χ3v) is 4.46. The molecule has 23 heavy (non-hydrogen) atoms. The van der Waals surface area contributed by atoms with Crippen LogP contribution in [0.5, 0.6) is 0 Å². The summed E-state index contributed by atoms with van der Waals surface area (Å²) in [6, 6.07) is 7.07. The molecule has 6 nitrogen and oxygen atoms in total. The van der Waals surface area contributed by atoms with Gasteiger partial charge in [0.15, 0.2) is 0 Å². The van der Waals surface area contributed by atoms with Crippen LogP contribution in [0.2, 0.25) is 0 Å². The Balaban J connectivity index is 2.16. The van der Waals surface area contributed by atoms with Gasteiger partial charge in [0.25, 0.3) is 5.91 Å². The lowest BCUT2D eigenvalue weighted by Crippen LogP contribution is -2.26. The Labute approximate surface area is 139 Å². The molecule has 1 N–H and O–H groups in total. The van der Waals surface area contributed by atoms with Gasteiger partial charge in [0, 0.05) is 37.3 Å².